The summed E-state index contributed by atoms with van der Waals surface area (Å²) < 4.78 is 2.69. The van der Waals surface area contributed by atoms with Gasteiger partial charge in [-0.25, -0.2) is 4.79 Å². The van der Waals surface area contributed by atoms with Gasteiger partial charge in [-0.1, -0.05) is 19.2 Å². The number of carbonyl (C=O) groups is 1. The smallest absolute Gasteiger partial charge is 0.369 e. The fourth-order valence-electron chi connectivity index (χ4n) is 2.90. The molecule has 0 radical (unpaired) electrons. The molecule has 0 saturated carbocycles. The van der Waals surface area contributed by atoms with Crippen molar-refractivity contribution in [1.29, 1.82) is 0 Å². The zero-order valence-corrected chi connectivity index (χ0v) is 11.7. The van der Waals surface area contributed by atoms with Gasteiger partial charge in [0.15, 0.2) is 0 Å². The van der Waals surface area contributed by atoms with Crippen molar-refractivity contribution in [3.05, 3.63) is 11.0 Å². The van der Waals surface area contributed by atoms with Gasteiger partial charge >= 0.3 is 5.30 Å². The van der Waals surface area contributed by atoms with Crippen LogP contribution in [0.5, 0.6) is 0 Å². The first-order chi connectivity index (χ1) is 7.49. The predicted molar refractivity (Wildman–Crippen MR) is 70.3 cm³/mol. The number of hydrogen-bond donors (Lipinski definition) is 1. The van der Waals surface area contributed by atoms with Gasteiger partial charge < -0.3 is 9.67 Å². The molecule has 0 aromatic rings. The highest BCUT2D eigenvalue weighted by molar-refractivity contribution is 8.16. The molecule has 0 bridgehead atoms. The lowest BCUT2D eigenvalue weighted by molar-refractivity contribution is 0.222. The van der Waals surface area contributed by atoms with E-state index in [-0.39, 0.29) is 0 Å². The molecule has 0 aromatic heterocycles. The summed E-state index contributed by atoms with van der Waals surface area (Å²) in [5.74, 6) is 0. The van der Waals surface area contributed by atoms with E-state index in [1.165, 1.54) is 19.0 Å². The number of nitrogens with zero attached hydrogens (tertiary/aromatic N) is 1. The van der Waals surface area contributed by atoms with Crippen LogP contribution >= 0.6 is 11.8 Å². The lowest BCUT2D eigenvalue weighted by Crippen LogP contribution is -2.48. The zero-order chi connectivity index (χ0) is 11.8. The van der Waals surface area contributed by atoms with Crippen molar-refractivity contribution >= 4 is 25.3 Å². The minimum atomic E-state index is -1.16. The van der Waals surface area contributed by atoms with E-state index >= 15 is 0 Å². The Hall–Kier alpha value is -0.263. The van der Waals surface area contributed by atoms with Crippen LogP contribution in [-0.2, 0) is 0 Å². The molecule has 0 aromatic carbocycles. The summed E-state index contributed by atoms with van der Waals surface area (Å²) in [5, 5.41) is 7.97. The first kappa shape index (κ1) is 12.2. The highest BCUT2D eigenvalue weighted by Crippen LogP contribution is 2.37. The Labute approximate surface area is 102 Å². The van der Waals surface area contributed by atoms with Crippen molar-refractivity contribution in [1.82, 2.24) is 4.57 Å². The normalized spacial score (nSPS) is 29.4. The highest BCUT2D eigenvalue weighted by Gasteiger charge is 2.39. The molecule has 1 atom stereocenters. The Balaban J connectivity index is 1.93. The van der Waals surface area contributed by atoms with E-state index in [2.05, 4.69) is 23.7 Å². The molecule has 1 heterocycles. The molecule has 1 saturated heterocycles. The van der Waals surface area contributed by atoms with Crippen molar-refractivity contribution in [3.63, 3.8) is 0 Å². The Morgan fingerprint density at radius 1 is 1.62 bits per heavy atom. The van der Waals surface area contributed by atoms with Crippen LogP contribution in [-0.4, -0.2) is 35.8 Å². The third-order valence-electron chi connectivity index (χ3n) is 3.68. The van der Waals surface area contributed by atoms with Gasteiger partial charge in [-0.3, -0.25) is 0 Å². The third-order valence-corrected chi connectivity index (χ3v) is 8.17. The van der Waals surface area contributed by atoms with Gasteiger partial charge in [0.2, 0.25) is 0 Å². The van der Waals surface area contributed by atoms with Crippen LogP contribution in [0.2, 0.25) is 19.1 Å². The molecule has 90 valence electrons. The summed E-state index contributed by atoms with van der Waals surface area (Å²) in [6, 6.07) is 1.98. The third kappa shape index (κ3) is 2.52. The SMILES string of the molecule is C[Si]1(C)CCCN1C1CC=C(SC(=O)O)C1. The second-order valence-corrected chi connectivity index (χ2v) is 11.0. The summed E-state index contributed by atoms with van der Waals surface area (Å²) >= 11 is 0.991. The molecule has 1 fully saturated rings. The van der Waals surface area contributed by atoms with E-state index in [9.17, 15) is 4.79 Å². The van der Waals surface area contributed by atoms with Crippen LogP contribution in [0.3, 0.4) is 0 Å². The van der Waals surface area contributed by atoms with E-state index in [0.29, 0.717) is 6.04 Å². The lowest BCUT2D eigenvalue weighted by atomic mass is 10.2. The number of hydrogen-bond acceptors (Lipinski definition) is 3. The van der Waals surface area contributed by atoms with Crippen molar-refractivity contribution in [2.45, 2.75) is 44.4 Å². The van der Waals surface area contributed by atoms with Crippen LogP contribution in [0.4, 0.5) is 4.79 Å². The molecule has 16 heavy (non-hydrogen) atoms. The lowest BCUT2D eigenvalue weighted by Gasteiger charge is -2.35. The number of thioether (sulfide) groups is 1. The minimum absolute atomic E-state index is 0.589. The molecule has 2 rings (SSSR count). The van der Waals surface area contributed by atoms with Crippen LogP contribution in [0.15, 0.2) is 11.0 Å². The van der Waals surface area contributed by atoms with Gasteiger partial charge in [0.05, 0.1) is 0 Å². The first-order valence-electron chi connectivity index (χ1n) is 5.85. The quantitative estimate of drug-likeness (QED) is 0.770. The molecular weight excluding hydrogens is 238 g/mol. The highest BCUT2D eigenvalue weighted by atomic mass is 32.2. The fraction of sp³-hybridized carbons (Fsp3) is 0.727. The van der Waals surface area contributed by atoms with E-state index in [1.54, 1.807) is 0 Å². The maximum absolute atomic E-state index is 10.6. The van der Waals surface area contributed by atoms with Gasteiger partial charge in [0.1, 0.15) is 8.24 Å². The van der Waals surface area contributed by atoms with Gasteiger partial charge in [0.25, 0.3) is 0 Å². The Kier molecular flexibility index (Phi) is 3.47. The Morgan fingerprint density at radius 2 is 2.38 bits per heavy atom. The van der Waals surface area contributed by atoms with E-state index in [0.717, 1.165) is 29.5 Å². The minimum Gasteiger partial charge on any atom is -0.473 e. The Morgan fingerprint density at radius 3 is 2.94 bits per heavy atom. The molecule has 1 aliphatic heterocycles. The summed E-state index contributed by atoms with van der Waals surface area (Å²) in [6.07, 6.45) is 5.45. The van der Waals surface area contributed by atoms with Crippen LogP contribution in [0, 0.1) is 0 Å². The summed E-state index contributed by atoms with van der Waals surface area (Å²) in [7, 11) is -1.16. The molecule has 3 nitrogen and oxygen atoms in total. The van der Waals surface area contributed by atoms with Crippen LogP contribution in [0.1, 0.15) is 19.3 Å². The molecule has 0 spiro atoms. The molecule has 1 aliphatic carbocycles. The second kappa shape index (κ2) is 4.54. The Bertz CT molecular complexity index is 330. The molecule has 2 aliphatic rings. The van der Waals surface area contributed by atoms with Crippen LogP contribution < -0.4 is 0 Å². The van der Waals surface area contributed by atoms with Crippen molar-refractivity contribution < 1.29 is 9.90 Å². The van der Waals surface area contributed by atoms with Gasteiger partial charge in [-0.2, -0.15) is 0 Å². The number of carboxylic acid groups (broad SMARTS) is 1. The molecule has 1 unspecified atom stereocenters. The van der Waals surface area contributed by atoms with E-state index < -0.39 is 13.5 Å². The van der Waals surface area contributed by atoms with Crippen LogP contribution in [0.25, 0.3) is 0 Å². The van der Waals surface area contributed by atoms with Gasteiger partial charge in [-0.15, -0.1) is 0 Å². The fourth-order valence-corrected chi connectivity index (χ4v) is 6.84. The summed E-state index contributed by atoms with van der Waals surface area (Å²) in [6.45, 7) is 6.09. The molecule has 1 N–H and O–H groups in total. The zero-order valence-electron chi connectivity index (χ0n) is 9.90. The molecule has 0 amide bonds. The average molecular weight is 257 g/mol. The van der Waals surface area contributed by atoms with Gasteiger partial charge in [0, 0.05) is 6.04 Å². The monoisotopic (exact) mass is 257 g/mol. The maximum Gasteiger partial charge on any atom is 0.369 e. The molecular formula is C11H19NO2SSi. The summed E-state index contributed by atoms with van der Waals surface area (Å²) in [4.78, 5) is 11.7. The largest absolute Gasteiger partial charge is 0.473 e. The summed E-state index contributed by atoms with van der Waals surface area (Å²) in [5.41, 5.74) is 0. The average Bonchev–Trinajstić information content (AvgIpc) is 2.70. The standard InChI is InChI=1S/C11H19NO2SSi/c1-16(2)7-3-6-12(16)9-4-5-10(8-9)15-11(13)14/h5,9H,3-4,6-8H2,1-2H3,(H,13,14). The van der Waals surface area contributed by atoms with Crippen molar-refractivity contribution in [2.75, 3.05) is 6.54 Å². The first-order valence-corrected chi connectivity index (χ1v) is 9.83. The van der Waals surface area contributed by atoms with E-state index in [1.807, 2.05) is 0 Å². The predicted octanol–water partition coefficient (Wildman–Crippen LogP) is 3.35. The van der Waals surface area contributed by atoms with Crippen molar-refractivity contribution in [2.24, 2.45) is 0 Å². The number of rotatable bonds is 2. The topological polar surface area (TPSA) is 40.5 Å². The van der Waals surface area contributed by atoms with E-state index in [4.69, 9.17) is 5.11 Å². The van der Waals surface area contributed by atoms with Gasteiger partial charge in [-0.05, 0) is 48.5 Å². The van der Waals surface area contributed by atoms with Crippen molar-refractivity contribution in [3.8, 4) is 0 Å². The second-order valence-electron chi connectivity index (χ2n) is 5.24. The molecule has 5 heteroatoms. The maximum atomic E-state index is 10.6.